The molecule has 2 aliphatic heterocycles. The fourth-order valence-electron chi connectivity index (χ4n) is 13.8. The number of ketones is 2. The zero-order chi connectivity index (χ0) is 46.9. The van der Waals surface area contributed by atoms with E-state index in [-0.39, 0.29) is 34.9 Å². The van der Waals surface area contributed by atoms with Gasteiger partial charge in [0, 0.05) is 95.0 Å². The van der Waals surface area contributed by atoms with Crippen molar-refractivity contribution in [3.63, 3.8) is 0 Å². The largest absolute Gasteiger partial charge is 0.451 e. The van der Waals surface area contributed by atoms with Gasteiger partial charge in [-0.2, -0.15) is 0 Å². The van der Waals surface area contributed by atoms with E-state index >= 15 is 0 Å². The molecule has 6 aliphatic rings. The number of nitrogens with one attached hydrogen (secondary N) is 1. The number of esters is 1. The van der Waals surface area contributed by atoms with E-state index in [0.29, 0.717) is 25.2 Å². The molecule has 360 valence electrons. The molecule has 5 atom stereocenters. The number of hydrogen-bond acceptors (Lipinski definition) is 10. The maximum Gasteiger partial charge on any atom is 0.303 e. The number of rotatable bonds is 16. The fourth-order valence-corrected chi connectivity index (χ4v) is 13.8. The summed E-state index contributed by atoms with van der Waals surface area (Å²) < 4.78 is 6.14. The summed E-state index contributed by atoms with van der Waals surface area (Å²) in [5.41, 5.74) is 8.66. The summed E-state index contributed by atoms with van der Waals surface area (Å²) in [5.74, 6) is 1.30. The molecular formula is C56H76N6O5. The topological polar surface area (TPSA) is 119 Å². The van der Waals surface area contributed by atoms with Gasteiger partial charge in [-0.25, -0.2) is 0 Å². The molecule has 0 spiro atoms. The number of H-pyrrole nitrogens is 1. The van der Waals surface area contributed by atoms with Crippen molar-refractivity contribution in [3.8, 4) is 0 Å². The van der Waals surface area contributed by atoms with Crippen molar-refractivity contribution in [3.05, 3.63) is 92.4 Å². The summed E-state index contributed by atoms with van der Waals surface area (Å²) in [5, 5.41) is 0. The van der Waals surface area contributed by atoms with Crippen LogP contribution >= 0.6 is 0 Å². The van der Waals surface area contributed by atoms with Gasteiger partial charge in [0.15, 0.2) is 17.2 Å². The summed E-state index contributed by atoms with van der Waals surface area (Å²) in [6.45, 7) is 18.4. The molecule has 2 aromatic heterocycles. The second-order valence-electron chi connectivity index (χ2n) is 21.6. The molecule has 11 heteroatoms. The van der Waals surface area contributed by atoms with E-state index in [0.717, 1.165) is 99.5 Å². The summed E-state index contributed by atoms with van der Waals surface area (Å²) in [6, 6.07) is 13.2. The molecular weight excluding hydrogens is 837 g/mol. The highest BCUT2D eigenvalue weighted by Gasteiger charge is 2.67. The van der Waals surface area contributed by atoms with Crippen LogP contribution in [0.25, 0.3) is 11.0 Å². The zero-order valence-electron chi connectivity index (χ0n) is 41.2. The van der Waals surface area contributed by atoms with Crippen LogP contribution < -0.4 is 10.5 Å². The van der Waals surface area contributed by atoms with Crippen molar-refractivity contribution in [2.75, 3.05) is 70.9 Å². The lowest BCUT2D eigenvalue weighted by molar-refractivity contribution is -0.182. The molecule has 9 rings (SSSR count). The maximum absolute atomic E-state index is 13.6. The molecule has 0 radical (unpaired) electrons. The molecule has 4 heterocycles. The number of aromatic nitrogens is 2. The van der Waals surface area contributed by atoms with Gasteiger partial charge in [0.2, 0.25) is 0 Å². The van der Waals surface area contributed by atoms with Gasteiger partial charge in [-0.15, -0.1) is 0 Å². The highest BCUT2D eigenvalue weighted by molar-refractivity contribution is 5.93. The Balaban J connectivity index is 0.707. The number of hydrogen-bond donors (Lipinski definition) is 1. The molecule has 0 bridgehead atoms. The van der Waals surface area contributed by atoms with Crippen molar-refractivity contribution in [2.45, 2.75) is 136 Å². The van der Waals surface area contributed by atoms with Crippen LogP contribution in [-0.2, 0) is 32.1 Å². The number of piperazine rings is 1. The lowest BCUT2D eigenvalue weighted by Crippen LogP contribution is -2.57. The lowest BCUT2D eigenvalue weighted by Gasteiger charge is -2.55. The van der Waals surface area contributed by atoms with Crippen molar-refractivity contribution in [1.82, 2.24) is 24.7 Å². The van der Waals surface area contributed by atoms with Gasteiger partial charge in [-0.05, 0) is 168 Å². The van der Waals surface area contributed by atoms with Gasteiger partial charge in [-0.1, -0.05) is 44.4 Å². The minimum Gasteiger partial charge on any atom is -0.451 e. The second kappa shape index (κ2) is 20.3. The molecule has 0 unspecified atom stereocenters. The van der Waals surface area contributed by atoms with Gasteiger partial charge >= 0.3 is 5.97 Å². The zero-order valence-corrected chi connectivity index (χ0v) is 41.2. The van der Waals surface area contributed by atoms with Crippen molar-refractivity contribution in [1.29, 1.82) is 0 Å². The molecule has 2 saturated carbocycles. The first-order valence-electron chi connectivity index (χ1n) is 26.0. The first kappa shape index (κ1) is 47.6. The van der Waals surface area contributed by atoms with Crippen LogP contribution in [0, 0.1) is 23.2 Å². The van der Waals surface area contributed by atoms with Crippen molar-refractivity contribution < 1.29 is 19.1 Å². The van der Waals surface area contributed by atoms with Crippen LogP contribution in [-0.4, -0.2) is 114 Å². The van der Waals surface area contributed by atoms with Gasteiger partial charge in [0.25, 0.3) is 5.56 Å². The third-order valence-corrected chi connectivity index (χ3v) is 17.5. The Bertz CT molecular complexity index is 2430. The van der Waals surface area contributed by atoms with Gasteiger partial charge in [0.05, 0.1) is 11.0 Å². The number of likely N-dealkylation sites (tertiary alicyclic amines) is 1. The van der Waals surface area contributed by atoms with Gasteiger partial charge < -0.3 is 24.4 Å². The Morgan fingerprint density at radius 2 is 1.63 bits per heavy atom. The normalized spacial score (nSPS) is 27.4. The number of carbonyl (C=O) groups is 3. The Morgan fingerprint density at radius 3 is 2.36 bits per heavy atom. The third-order valence-electron chi connectivity index (χ3n) is 17.5. The number of anilines is 1. The van der Waals surface area contributed by atoms with Crippen molar-refractivity contribution in [2.24, 2.45) is 23.2 Å². The van der Waals surface area contributed by atoms with E-state index in [1.54, 1.807) is 6.92 Å². The number of allylic oxidation sites excluding steroid dienone is 4. The van der Waals surface area contributed by atoms with Crippen molar-refractivity contribution >= 4 is 34.3 Å². The van der Waals surface area contributed by atoms with E-state index in [4.69, 9.17) is 4.74 Å². The summed E-state index contributed by atoms with van der Waals surface area (Å²) in [6.07, 6.45) is 17.6. The van der Waals surface area contributed by atoms with E-state index in [1.165, 1.54) is 99.6 Å². The summed E-state index contributed by atoms with van der Waals surface area (Å²) in [7, 11) is 2.21. The monoisotopic (exact) mass is 913 g/mol. The number of piperidine rings is 1. The summed E-state index contributed by atoms with van der Waals surface area (Å²) in [4.78, 5) is 69.0. The van der Waals surface area contributed by atoms with Gasteiger partial charge in [-0.3, -0.25) is 29.1 Å². The average Bonchev–Trinajstić information content (AvgIpc) is 3.62. The van der Waals surface area contributed by atoms with E-state index < -0.39 is 11.0 Å². The number of unbranched alkanes of at least 4 members (excludes halogenated alkanes) is 3. The van der Waals surface area contributed by atoms with Crippen LogP contribution in [0.1, 0.15) is 134 Å². The molecule has 4 fully saturated rings. The molecule has 0 amide bonds. The van der Waals surface area contributed by atoms with E-state index in [2.05, 4.69) is 73.9 Å². The highest BCUT2D eigenvalue weighted by Crippen LogP contribution is 2.68. The predicted molar refractivity (Wildman–Crippen MR) is 266 cm³/mol. The number of aromatic amines is 1. The number of ether oxygens (including phenoxy) is 1. The molecule has 11 nitrogen and oxygen atoms in total. The molecule has 1 aromatic carbocycles. The minimum absolute atomic E-state index is 0.00342. The Labute approximate surface area is 398 Å². The Hall–Kier alpha value is -4.45. The Kier molecular flexibility index (Phi) is 14.4. The highest BCUT2D eigenvalue weighted by atomic mass is 16.6. The molecule has 1 N–H and O–H groups in total. The Morgan fingerprint density at radius 1 is 0.881 bits per heavy atom. The fraction of sp³-hybridized carbons (Fsp3) is 0.625. The number of pyridine rings is 2. The first-order valence-corrected chi connectivity index (χ1v) is 26.0. The number of fused-ring (bicyclic) bond motifs is 5. The smallest absolute Gasteiger partial charge is 0.303 e. The molecule has 67 heavy (non-hydrogen) atoms. The maximum atomic E-state index is 13.6. The third kappa shape index (κ3) is 9.89. The number of benzene rings is 1. The standard InChI is InChI=1S/C56H76N6O5/c1-6-42-33-51-52(58-54(42)66)31-41(35-57-51)37-62-29-27-61(28-30-62)36-40-20-25-60(26-21-40)24-10-8-7-9-23-59(5)45-14-11-43(12-15-45)49-34-55(4)50(19-22-56(55,38(2)63)67-39(3)64)48-17-13-44-32-46(65)16-18-47(44)53(48)49/h11-12,14-15,31-33,35,40,48-50H,6-10,13,16-30,34,36-37H2,1-5H3,(H,58,66)/t48-,49+,50-,55-,56-/m0/s1. The van der Waals surface area contributed by atoms with Crippen LogP contribution in [0.5, 0.6) is 0 Å². The number of nitrogens with zero attached hydrogens (tertiary/aromatic N) is 5. The second-order valence-corrected chi connectivity index (χ2v) is 21.6. The first-order chi connectivity index (χ1) is 32.3. The summed E-state index contributed by atoms with van der Waals surface area (Å²) >= 11 is 0. The SMILES string of the molecule is CCc1cc2ncc(CN3CCN(CC4CCN(CCCCCCN(C)c5ccc([C@H]6C[C@@]7(C)[C@@H](CC[C@]7(OC(C)=O)C(C)=O)[C@@H]7CCC8=CC(=O)CCC8=C76)cc5)CC4)CC3)cc2[nH]c1=O. The van der Waals surface area contributed by atoms with Crippen LogP contribution in [0.2, 0.25) is 0 Å². The quantitative estimate of drug-likeness (QED) is 0.110. The van der Waals surface area contributed by atoms with E-state index in [9.17, 15) is 19.2 Å². The number of carbonyl (C=O) groups excluding carboxylic acids is 3. The van der Waals surface area contributed by atoms with Crippen LogP contribution in [0.3, 0.4) is 0 Å². The van der Waals surface area contributed by atoms with Gasteiger partial charge in [0.1, 0.15) is 0 Å². The molecule has 3 aromatic rings. The predicted octanol–water partition coefficient (Wildman–Crippen LogP) is 8.80. The number of Topliss-reactive ketones (excluding diaryl/α,β-unsaturated/α-hetero) is 1. The number of aryl methyl sites for hydroxylation is 1. The average molecular weight is 913 g/mol. The molecule has 2 saturated heterocycles. The van der Waals surface area contributed by atoms with Crippen LogP contribution in [0.4, 0.5) is 5.69 Å². The molecule has 4 aliphatic carbocycles. The van der Waals surface area contributed by atoms with E-state index in [1.807, 2.05) is 25.3 Å². The minimum atomic E-state index is -1.10. The lowest BCUT2D eigenvalue weighted by atomic mass is 9.50. The van der Waals surface area contributed by atoms with Crippen LogP contribution in [0.15, 0.2) is 70.2 Å².